The van der Waals surface area contributed by atoms with Gasteiger partial charge in [0.05, 0.1) is 50.5 Å². The van der Waals surface area contributed by atoms with Crippen molar-refractivity contribution in [1.29, 1.82) is 10.5 Å². The Kier molecular flexibility index (Phi) is 27.4. The maximum Gasteiger partial charge on any atom is 0.460 e. The number of carbonyl (C=O) groups is 5. The van der Waals surface area contributed by atoms with Gasteiger partial charge in [0.15, 0.2) is 52.8 Å². The van der Waals surface area contributed by atoms with Crippen LogP contribution in [0.4, 0.5) is 74.6 Å². The van der Waals surface area contributed by atoms with Crippen molar-refractivity contribution in [3.8, 4) is 69.6 Å². The minimum absolute atomic E-state index is 0.000975. The zero-order chi connectivity index (χ0) is 92.0. The molecule has 2 saturated heterocycles. The van der Waals surface area contributed by atoms with Crippen LogP contribution in [0.15, 0.2) is 86.0 Å². The van der Waals surface area contributed by atoms with E-state index in [0.29, 0.717) is 58.6 Å². The van der Waals surface area contributed by atoms with Gasteiger partial charge >= 0.3 is 66.1 Å². The van der Waals surface area contributed by atoms with Crippen LogP contribution in [0.1, 0.15) is 115 Å². The lowest BCUT2D eigenvalue weighted by molar-refractivity contribution is -0.346. The van der Waals surface area contributed by atoms with Crippen LogP contribution in [0.2, 0.25) is 0 Å². The van der Waals surface area contributed by atoms with Gasteiger partial charge in [-0.3, -0.25) is 34.0 Å². The van der Waals surface area contributed by atoms with E-state index >= 15 is 0 Å². The number of methoxy groups -OCH3 is 3. The number of ether oxygens (including phenoxy) is 12. The fourth-order valence-corrected chi connectivity index (χ4v) is 17.7. The summed E-state index contributed by atoms with van der Waals surface area (Å²) in [5.41, 5.74) is 4.88. The second-order valence-corrected chi connectivity index (χ2v) is 30.1. The highest BCUT2D eigenvalue weighted by Crippen LogP contribution is 2.63. The van der Waals surface area contributed by atoms with E-state index in [1.54, 1.807) is 43.0 Å². The normalized spacial score (nSPS) is 21.6. The molecule has 0 spiro atoms. The molecule has 2 unspecified atom stereocenters. The molecule has 0 aromatic heterocycles. The largest absolute Gasteiger partial charge is 0.504 e. The number of aldehydes is 1. The SMILES string of the molecule is C=C.COCOc1c(OC)c(C)cc2c1[C@@H]1C3Cc4c(OC(=O)C(F)(F)C(F)(F)C(F)(F)F)c(C)c5c(c4[C@H](COC(=O)CCc4ccccc4)N3[C@@H](C#N)[C@H](C2)N1C)OCO5.COc1c(C)cc2c(c1O)[C@@H]1C3Cc4c(OC(=O)C(F)(F)C(F)(F)C(F)(F)F)c(C)c5c(c4[C@H](COC(=O)CCc4ccccc4)N3[C@@H](C#N)[C@H](C2)N1C)OCO5.O=CC(F)(F)F. The number of nitriles is 2. The lowest BCUT2D eigenvalue weighted by Crippen LogP contribution is -2.68. The zero-order valence-corrected chi connectivity index (χ0v) is 67.9. The molecule has 6 aromatic rings. The molecule has 1 N–H and O–H groups in total. The van der Waals surface area contributed by atoms with Crippen molar-refractivity contribution >= 4 is 30.2 Å². The number of nitrogens with zero attached hydrogens (tertiary/aromatic N) is 6. The number of hydrogen-bond acceptors (Lipinski definition) is 24. The number of fused-ring (bicyclic) bond motifs is 18. The molecule has 10 atom stereocenters. The van der Waals surface area contributed by atoms with Gasteiger partial charge in [-0.05, 0) is 114 Å². The molecule has 0 saturated carbocycles. The van der Waals surface area contributed by atoms with Crippen LogP contribution in [0, 0.1) is 50.4 Å². The summed E-state index contributed by atoms with van der Waals surface area (Å²) < 4.78 is 294. The first kappa shape index (κ1) is 94.3. The van der Waals surface area contributed by atoms with Crippen LogP contribution in [0.3, 0.4) is 0 Å². The van der Waals surface area contributed by atoms with Gasteiger partial charge in [-0.25, -0.2) is 9.59 Å². The number of aromatic hydroxyl groups is 1. The van der Waals surface area contributed by atoms with Crippen molar-refractivity contribution in [2.75, 3.05) is 69.0 Å². The molecule has 0 radical (unpaired) electrons. The van der Waals surface area contributed by atoms with E-state index in [4.69, 9.17) is 61.6 Å². The van der Waals surface area contributed by atoms with Gasteiger partial charge in [0.25, 0.3) is 0 Å². The van der Waals surface area contributed by atoms with E-state index < -0.39 is 171 Å². The van der Waals surface area contributed by atoms with Gasteiger partial charge in [-0.2, -0.15) is 85.2 Å². The second kappa shape index (κ2) is 36.3. The number of alkyl halides is 17. The number of carbonyl (C=O) groups excluding carboxylic acids is 5. The van der Waals surface area contributed by atoms with E-state index in [1.807, 2.05) is 77.4 Å². The van der Waals surface area contributed by atoms with Crippen LogP contribution in [-0.4, -0.2) is 202 Å². The number of likely N-dealkylation sites (N-methyl/N-ethyl adjacent to an activating group) is 2. The lowest BCUT2D eigenvalue weighted by Gasteiger charge is -2.59. The zero-order valence-electron chi connectivity index (χ0n) is 67.9. The number of piperazine rings is 2. The summed E-state index contributed by atoms with van der Waals surface area (Å²) in [5.74, 6) is -35.3. The van der Waals surface area contributed by atoms with Crippen LogP contribution < -0.4 is 42.6 Å². The predicted octanol–water partition coefficient (Wildman–Crippen LogP) is 14.7. The molecular weight excluding hydrogens is 1700 g/mol. The van der Waals surface area contributed by atoms with E-state index in [0.717, 1.165) is 16.7 Å². The Morgan fingerprint density at radius 3 is 1.25 bits per heavy atom. The summed E-state index contributed by atoms with van der Waals surface area (Å²) in [6.07, 6.45) is -18.9. The summed E-state index contributed by atoms with van der Waals surface area (Å²) >= 11 is 0. The highest BCUT2D eigenvalue weighted by molar-refractivity contribution is 5.84. The molecule has 8 aliphatic heterocycles. The van der Waals surface area contributed by atoms with Crippen LogP contribution in [0.25, 0.3) is 0 Å². The molecule has 0 aliphatic carbocycles. The fourth-order valence-electron chi connectivity index (χ4n) is 17.7. The minimum atomic E-state index is -6.82. The molecule has 674 valence electrons. The van der Waals surface area contributed by atoms with E-state index in [-0.39, 0.29) is 107 Å². The number of benzene rings is 6. The summed E-state index contributed by atoms with van der Waals surface area (Å²) in [4.78, 5) is 68.6. The third kappa shape index (κ3) is 17.1. The minimum Gasteiger partial charge on any atom is -0.504 e. The Bertz CT molecular complexity index is 5180. The van der Waals surface area contributed by atoms with Gasteiger partial charge in [-0.1, -0.05) is 72.8 Å². The highest BCUT2D eigenvalue weighted by atomic mass is 19.4. The molecule has 2 fully saturated rings. The third-order valence-corrected chi connectivity index (χ3v) is 23.1. The average molecular weight is 1790 g/mol. The number of halogens is 17. The van der Waals surface area contributed by atoms with Gasteiger partial charge in [0.1, 0.15) is 36.8 Å². The summed E-state index contributed by atoms with van der Waals surface area (Å²) in [7, 11) is 7.72. The third-order valence-electron chi connectivity index (χ3n) is 23.1. The Balaban J connectivity index is 0.000000224. The first-order chi connectivity index (χ1) is 58.8. The monoisotopic (exact) mass is 1780 g/mol. The standard InChI is InChI=1S/C41H40F7N3O9.C39H36F7N3O8.C2HF3O.C2H4/c1-20-13-23-14-25-27(16-49)51-26(32(50(25)3)30(23)36(33(20)55-5)57-18-54-4)15-24-31(28(51)17-56-29(52)12-11-22-9-7-6-8-10-22)37-35(58-19-59-37)21(2)34(24)60-38(53)39(42,43)40(44,45)41(46,47)48;1-18-12-21-13-23-25(15-47)49-24(30(48(23)3)28(21)31(51)32(18)53-4)14-22-29(26(49)16-54-27(50)11-10-20-8-6-5-7-9-20)35-34(55-17-56-35)19(2)33(22)57-36(52)37(40,41)38(42,43)39(44,45)46;3-2(4,5)1-6;1-2/h6-10,13,25-28,32H,11-12,14-15,17-19H2,1-5H3;5-9,12,23-26,30,51H,10-11,13-14,16-17H2,1-4H3;1H;1-2H2/t25-,26?,27-,28-,32-;23-,24?,25-,26-,30-;;/m00../s1. The average Bonchev–Trinajstić information content (AvgIpc) is 1.50. The maximum atomic E-state index is 15.0. The van der Waals surface area contributed by atoms with Crippen LogP contribution in [0.5, 0.6) is 57.5 Å². The van der Waals surface area contributed by atoms with Crippen molar-refractivity contribution in [1.82, 2.24) is 19.6 Å². The van der Waals surface area contributed by atoms with E-state index in [1.165, 1.54) is 35.2 Å². The van der Waals surface area contributed by atoms with Crippen molar-refractivity contribution < 1.29 is 161 Å². The Morgan fingerprint density at radius 1 is 0.520 bits per heavy atom. The first-order valence-corrected chi connectivity index (χ1v) is 38.2. The number of aryl methyl sites for hydroxylation is 4. The molecule has 14 rings (SSSR count). The van der Waals surface area contributed by atoms with Gasteiger partial charge in [0, 0.05) is 88.6 Å². The second-order valence-electron chi connectivity index (χ2n) is 30.1. The van der Waals surface area contributed by atoms with Gasteiger partial charge < -0.3 is 61.9 Å². The molecule has 0 amide bonds. The molecule has 125 heavy (non-hydrogen) atoms. The fraction of sp³-hybridized carbons (Fsp3) is 0.464. The van der Waals surface area contributed by atoms with Gasteiger partial charge in [-0.15, -0.1) is 13.2 Å². The van der Waals surface area contributed by atoms with Gasteiger partial charge in [0.2, 0.25) is 19.9 Å². The number of hydrogen-bond donors (Lipinski definition) is 1. The van der Waals surface area contributed by atoms with E-state index in [2.05, 4.69) is 25.3 Å². The molecule has 8 aliphatic rings. The van der Waals surface area contributed by atoms with Crippen LogP contribution >= 0.6 is 0 Å². The molecule has 6 aromatic carbocycles. The smallest absolute Gasteiger partial charge is 0.460 e. The van der Waals surface area contributed by atoms with Crippen molar-refractivity contribution in [2.45, 2.75) is 182 Å². The highest BCUT2D eigenvalue weighted by Gasteiger charge is 2.79. The molecule has 24 nitrogen and oxygen atoms in total. The summed E-state index contributed by atoms with van der Waals surface area (Å²) in [6, 6.07) is 17.9. The van der Waals surface area contributed by atoms with Crippen molar-refractivity contribution in [2.24, 2.45) is 0 Å². The maximum absolute atomic E-state index is 15.0. The quantitative estimate of drug-likeness (QED) is 0.0175. The molecule has 8 heterocycles. The Labute approximate surface area is 702 Å². The lowest BCUT2D eigenvalue weighted by atomic mass is 9.71. The number of phenolic OH excluding ortho intramolecular Hbond substituents is 1. The topological polar surface area (TPSA) is 277 Å². The molecular formula is C84H81F17N6O18. The van der Waals surface area contributed by atoms with Crippen molar-refractivity contribution in [3.05, 3.63) is 164 Å². The predicted molar refractivity (Wildman–Crippen MR) is 401 cm³/mol. The van der Waals surface area contributed by atoms with E-state index in [9.17, 15) is 109 Å². The number of esters is 4. The number of rotatable bonds is 21. The number of phenols is 1. The summed E-state index contributed by atoms with van der Waals surface area (Å²) in [5, 5.41) is 33.4. The molecule has 41 heteroatoms. The molecule has 4 bridgehead atoms. The summed E-state index contributed by atoms with van der Waals surface area (Å²) in [6.45, 7) is 9.91. The Hall–Kier alpha value is -11.4. The Morgan fingerprint density at radius 2 is 0.888 bits per heavy atom. The first-order valence-electron chi connectivity index (χ1n) is 38.2. The van der Waals surface area contributed by atoms with Crippen LogP contribution in [-0.2, 0) is 76.7 Å². The van der Waals surface area contributed by atoms with Crippen molar-refractivity contribution in [3.63, 3.8) is 0 Å².